The lowest BCUT2D eigenvalue weighted by molar-refractivity contribution is -0.113. The van der Waals surface area contributed by atoms with Gasteiger partial charge in [0.25, 0.3) is 5.91 Å². The van der Waals surface area contributed by atoms with Gasteiger partial charge in [0.2, 0.25) is 5.91 Å². The predicted molar refractivity (Wildman–Crippen MR) is 123 cm³/mol. The van der Waals surface area contributed by atoms with Gasteiger partial charge in [-0.3, -0.25) is 9.59 Å². The van der Waals surface area contributed by atoms with Crippen LogP contribution >= 0.6 is 11.8 Å². The van der Waals surface area contributed by atoms with E-state index < -0.39 is 0 Å². The normalized spacial score (nSPS) is 22.7. The first-order chi connectivity index (χ1) is 15.2. The molecule has 4 aliphatic rings. The van der Waals surface area contributed by atoms with E-state index in [0.29, 0.717) is 35.6 Å². The minimum atomic E-state index is -0.0874. The molecule has 0 spiro atoms. The van der Waals surface area contributed by atoms with Gasteiger partial charge in [0.1, 0.15) is 0 Å². The van der Waals surface area contributed by atoms with Crippen LogP contribution in [0.1, 0.15) is 50.9 Å². The van der Waals surface area contributed by atoms with Crippen molar-refractivity contribution in [1.82, 2.24) is 5.32 Å². The van der Waals surface area contributed by atoms with Crippen LogP contribution < -0.4 is 10.6 Å². The van der Waals surface area contributed by atoms with Gasteiger partial charge in [0.05, 0.1) is 11.4 Å². The Bertz CT molecular complexity index is 1170. The van der Waals surface area contributed by atoms with E-state index >= 15 is 0 Å². The summed E-state index contributed by atoms with van der Waals surface area (Å²) in [6.07, 6.45) is 1.05. The molecule has 3 aromatic rings. The smallest absolute Gasteiger partial charge is 0.251 e. The van der Waals surface area contributed by atoms with Crippen molar-refractivity contribution in [2.75, 3.05) is 17.6 Å². The second-order valence-corrected chi connectivity index (χ2v) is 9.56. The van der Waals surface area contributed by atoms with Gasteiger partial charge < -0.3 is 10.6 Å². The van der Waals surface area contributed by atoms with Gasteiger partial charge in [-0.2, -0.15) is 0 Å². The Balaban J connectivity index is 1.24. The van der Waals surface area contributed by atoms with E-state index in [1.807, 2.05) is 12.1 Å². The van der Waals surface area contributed by atoms with Crippen molar-refractivity contribution in [2.24, 2.45) is 5.92 Å². The van der Waals surface area contributed by atoms with E-state index in [9.17, 15) is 9.59 Å². The number of hydrogen-bond acceptors (Lipinski definition) is 3. The third kappa shape index (κ3) is 3.07. The topological polar surface area (TPSA) is 58.2 Å². The molecule has 5 heteroatoms. The fourth-order valence-corrected chi connectivity index (χ4v) is 6.30. The summed E-state index contributed by atoms with van der Waals surface area (Å²) in [7, 11) is 0. The molecule has 31 heavy (non-hydrogen) atoms. The molecule has 1 atom stereocenters. The predicted octanol–water partition coefficient (Wildman–Crippen LogP) is 4.76. The molecule has 0 radical (unpaired) electrons. The zero-order valence-electron chi connectivity index (χ0n) is 16.9. The molecule has 0 saturated carbocycles. The second-order valence-electron chi connectivity index (χ2n) is 8.54. The van der Waals surface area contributed by atoms with Crippen molar-refractivity contribution in [2.45, 2.75) is 23.2 Å². The maximum atomic E-state index is 12.9. The summed E-state index contributed by atoms with van der Waals surface area (Å²) in [5, 5.41) is 6.04. The van der Waals surface area contributed by atoms with Crippen molar-refractivity contribution in [1.29, 1.82) is 0 Å². The highest BCUT2D eigenvalue weighted by molar-refractivity contribution is 8.00. The Kier molecular flexibility index (Phi) is 4.39. The Labute approximate surface area is 185 Å². The third-order valence-electron chi connectivity index (χ3n) is 6.82. The van der Waals surface area contributed by atoms with E-state index in [2.05, 4.69) is 59.2 Å². The highest BCUT2D eigenvalue weighted by Crippen LogP contribution is 2.55. The molecule has 0 saturated heterocycles. The van der Waals surface area contributed by atoms with Crippen molar-refractivity contribution in [3.05, 3.63) is 94.5 Å². The van der Waals surface area contributed by atoms with Crippen molar-refractivity contribution >= 4 is 29.3 Å². The molecule has 7 rings (SSSR count). The Morgan fingerprint density at radius 2 is 1.65 bits per heavy atom. The number of amides is 2. The van der Waals surface area contributed by atoms with Crippen LogP contribution in [0.3, 0.4) is 0 Å². The van der Waals surface area contributed by atoms with Crippen LogP contribution in [0.4, 0.5) is 5.69 Å². The van der Waals surface area contributed by atoms with Gasteiger partial charge >= 0.3 is 0 Å². The number of thioether (sulfide) groups is 1. The standard InChI is InChI=1S/C26H22N2O2S/c29-24-14-31-23-10-9-15(12-22(23)28-24)26(30)27-13-16-11-21-17-5-1-3-7-19(17)25(16)20-8-4-2-6-18(20)21/h1-10,12,16,21,25H,11,13-14H2,(H,27,30)(H,28,29). The highest BCUT2D eigenvalue weighted by Gasteiger charge is 2.42. The summed E-state index contributed by atoms with van der Waals surface area (Å²) in [6.45, 7) is 0.640. The van der Waals surface area contributed by atoms with Crippen LogP contribution in [0.25, 0.3) is 0 Å². The lowest BCUT2D eigenvalue weighted by atomic mass is 9.59. The zero-order chi connectivity index (χ0) is 20.9. The van der Waals surface area contributed by atoms with Gasteiger partial charge in [-0.1, -0.05) is 48.5 Å². The number of carbonyl (C=O) groups excluding carboxylic acids is 2. The summed E-state index contributed by atoms with van der Waals surface area (Å²) in [5.74, 6) is 1.39. The molecule has 3 aliphatic carbocycles. The van der Waals surface area contributed by atoms with Gasteiger partial charge in [-0.25, -0.2) is 0 Å². The number of hydrogen-bond donors (Lipinski definition) is 2. The molecule has 3 aromatic carbocycles. The number of benzene rings is 3. The Morgan fingerprint density at radius 1 is 0.968 bits per heavy atom. The average Bonchev–Trinajstić information content (AvgIpc) is 2.82. The van der Waals surface area contributed by atoms with Gasteiger partial charge in [0.15, 0.2) is 0 Å². The summed E-state index contributed by atoms with van der Waals surface area (Å²) < 4.78 is 0. The molecule has 1 unspecified atom stereocenters. The largest absolute Gasteiger partial charge is 0.352 e. The van der Waals surface area contributed by atoms with Crippen LogP contribution in [0.5, 0.6) is 0 Å². The van der Waals surface area contributed by atoms with Crippen molar-refractivity contribution in [3.8, 4) is 0 Å². The first-order valence-corrected chi connectivity index (χ1v) is 11.7. The highest BCUT2D eigenvalue weighted by atomic mass is 32.2. The fourth-order valence-electron chi connectivity index (χ4n) is 5.51. The molecule has 0 fully saturated rings. The van der Waals surface area contributed by atoms with Crippen LogP contribution in [0.2, 0.25) is 0 Å². The van der Waals surface area contributed by atoms with E-state index in [-0.39, 0.29) is 11.8 Å². The van der Waals surface area contributed by atoms with E-state index in [4.69, 9.17) is 0 Å². The molecule has 2 N–H and O–H groups in total. The number of fused-ring (bicyclic) bond motifs is 2. The maximum absolute atomic E-state index is 12.9. The van der Waals surface area contributed by atoms with Gasteiger partial charge in [-0.15, -0.1) is 11.8 Å². The molecule has 2 bridgehead atoms. The molecular weight excluding hydrogens is 404 g/mol. The molecule has 154 valence electrons. The minimum absolute atomic E-state index is 0.0226. The number of rotatable bonds is 3. The number of nitrogens with one attached hydrogen (secondary N) is 2. The van der Waals surface area contributed by atoms with E-state index in [1.165, 1.54) is 34.0 Å². The summed E-state index contributed by atoms with van der Waals surface area (Å²) in [5.41, 5.74) is 7.01. The average molecular weight is 427 g/mol. The third-order valence-corrected chi connectivity index (χ3v) is 7.90. The monoisotopic (exact) mass is 426 g/mol. The number of carbonyl (C=O) groups is 2. The molecule has 1 heterocycles. The zero-order valence-corrected chi connectivity index (χ0v) is 17.7. The Hall–Kier alpha value is -3.05. The lowest BCUT2D eigenvalue weighted by Gasteiger charge is -2.45. The second kappa shape index (κ2) is 7.27. The molecule has 1 aliphatic heterocycles. The quantitative estimate of drug-likeness (QED) is 0.635. The van der Waals surface area contributed by atoms with Crippen LogP contribution in [0, 0.1) is 5.92 Å². The maximum Gasteiger partial charge on any atom is 0.251 e. The van der Waals surface area contributed by atoms with E-state index in [0.717, 1.165) is 17.0 Å². The SMILES string of the molecule is O=C1CSc2ccc(C(=O)NCC3CC4c5ccccc5C3c3ccccc34)cc2N1. The summed E-state index contributed by atoms with van der Waals surface area (Å²) in [4.78, 5) is 25.6. The molecule has 0 aromatic heterocycles. The first-order valence-electron chi connectivity index (χ1n) is 10.7. The summed E-state index contributed by atoms with van der Waals surface area (Å²) in [6, 6.07) is 23.1. The fraction of sp³-hybridized carbons (Fsp3) is 0.231. The van der Waals surface area contributed by atoms with Crippen molar-refractivity contribution in [3.63, 3.8) is 0 Å². The van der Waals surface area contributed by atoms with Crippen LogP contribution in [-0.4, -0.2) is 24.1 Å². The lowest BCUT2D eigenvalue weighted by Crippen LogP contribution is -2.39. The summed E-state index contributed by atoms with van der Waals surface area (Å²) >= 11 is 1.50. The van der Waals surface area contributed by atoms with Gasteiger partial charge in [0, 0.05) is 28.8 Å². The first kappa shape index (κ1) is 18.7. The molecule has 2 amide bonds. The van der Waals surface area contributed by atoms with Gasteiger partial charge in [-0.05, 0) is 52.8 Å². The molecule has 4 nitrogen and oxygen atoms in total. The minimum Gasteiger partial charge on any atom is -0.352 e. The van der Waals surface area contributed by atoms with Crippen molar-refractivity contribution < 1.29 is 9.59 Å². The number of anilines is 1. The molecular formula is C26H22N2O2S. The van der Waals surface area contributed by atoms with Crippen LogP contribution in [-0.2, 0) is 4.79 Å². The Morgan fingerprint density at radius 3 is 2.35 bits per heavy atom. The van der Waals surface area contributed by atoms with Crippen LogP contribution in [0.15, 0.2) is 71.6 Å². The van der Waals surface area contributed by atoms with E-state index in [1.54, 1.807) is 6.07 Å².